The van der Waals surface area contributed by atoms with Gasteiger partial charge >= 0.3 is 0 Å². The van der Waals surface area contributed by atoms with E-state index in [1.54, 1.807) is 7.11 Å². The quantitative estimate of drug-likeness (QED) is 0.626. The van der Waals surface area contributed by atoms with Gasteiger partial charge in [-0.25, -0.2) is 0 Å². The third kappa shape index (κ3) is 0.988. The molecule has 0 aliphatic rings. The van der Waals surface area contributed by atoms with Crippen LogP contribution in [0.2, 0.25) is 0 Å². The zero-order chi connectivity index (χ0) is 7.56. The number of aromatic nitrogens is 1. The van der Waals surface area contributed by atoms with Gasteiger partial charge in [-0.3, -0.25) is 0 Å². The van der Waals surface area contributed by atoms with E-state index in [2.05, 4.69) is 5.16 Å². The minimum Gasteiger partial charge on any atom is -0.479 e. The van der Waals surface area contributed by atoms with E-state index in [0.717, 1.165) is 17.7 Å². The number of methoxy groups -OCH3 is 1. The molecule has 0 saturated heterocycles. The molecule has 1 heterocycles. The van der Waals surface area contributed by atoms with Crippen molar-refractivity contribution in [2.75, 3.05) is 7.11 Å². The maximum absolute atomic E-state index is 4.96. The lowest BCUT2D eigenvalue weighted by atomic mass is 10.2. The normalized spacial score (nSPS) is 9.90. The van der Waals surface area contributed by atoms with Gasteiger partial charge in [-0.1, -0.05) is 6.92 Å². The van der Waals surface area contributed by atoms with Gasteiger partial charge in [0, 0.05) is 6.42 Å². The molecule has 0 aliphatic carbocycles. The highest BCUT2D eigenvalue weighted by Gasteiger charge is 2.08. The molecule has 1 rings (SSSR count). The Morgan fingerprint density at radius 3 is 2.60 bits per heavy atom. The molecule has 0 amide bonds. The summed E-state index contributed by atoms with van der Waals surface area (Å²) in [6.07, 6.45) is 0.863. The third-order valence-corrected chi connectivity index (χ3v) is 1.49. The molecule has 0 aromatic carbocycles. The fourth-order valence-corrected chi connectivity index (χ4v) is 0.873. The molecule has 0 saturated carbocycles. The molecule has 0 unspecified atom stereocenters. The Bertz CT molecular complexity index is 196. The summed E-state index contributed by atoms with van der Waals surface area (Å²) in [5.41, 5.74) is 1.00. The van der Waals surface area contributed by atoms with Crippen LogP contribution in [-0.4, -0.2) is 12.3 Å². The maximum Gasteiger partial charge on any atom is 0.257 e. The summed E-state index contributed by atoms with van der Waals surface area (Å²) < 4.78 is 9.88. The molecule has 56 valence electrons. The lowest BCUT2D eigenvalue weighted by Gasteiger charge is -1.91. The second kappa shape index (κ2) is 2.73. The Morgan fingerprint density at radius 2 is 2.30 bits per heavy atom. The topological polar surface area (TPSA) is 35.3 Å². The van der Waals surface area contributed by atoms with Crippen LogP contribution in [-0.2, 0) is 6.42 Å². The average Bonchev–Trinajstić information content (AvgIpc) is 2.30. The molecule has 0 radical (unpaired) electrons. The average molecular weight is 141 g/mol. The van der Waals surface area contributed by atoms with Gasteiger partial charge in [0.15, 0.2) is 0 Å². The van der Waals surface area contributed by atoms with Crippen LogP contribution in [0.3, 0.4) is 0 Å². The first-order valence-electron chi connectivity index (χ1n) is 3.28. The third-order valence-electron chi connectivity index (χ3n) is 1.49. The summed E-state index contributed by atoms with van der Waals surface area (Å²) in [4.78, 5) is 0. The lowest BCUT2D eigenvalue weighted by Crippen LogP contribution is -1.85. The fourth-order valence-electron chi connectivity index (χ4n) is 0.873. The van der Waals surface area contributed by atoms with E-state index in [9.17, 15) is 0 Å². The van der Waals surface area contributed by atoms with Crippen molar-refractivity contribution in [1.82, 2.24) is 5.16 Å². The largest absolute Gasteiger partial charge is 0.479 e. The summed E-state index contributed by atoms with van der Waals surface area (Å²) in [7, 11) is 1.59. The molecule has 0 aliphatic heterocycles. The fraction of sp³-hybridized carbons (Fsp3) is 0.571. The van der Waals surface area contributed by atoms with Gasteiger partial charge in [0.05, 0.1) is 12.7 Å². The Labute approximate surface area is 60.0 Å². The predicted molar refractivity (Wildman–Crippen MR) is 37.2 cm³/mol. The summed E-state index contributed by atoms with van der Waals surface area (Å²) in [5.74, 6) is 1.49. The number of ether oxygens (including phenoxy) is 1. The van der Waals surface area contributed by atoms with E-state index in [4.69, 9.17) is 9.26 Å². The van der Waals surface area contributed by atoms with Gasteiger partial charge in [-0.05, 0) is 12.1 Å². The molecule has 1 aromatic rings. The highest BCUT2D eigenvalue weighted by molar-refractivity contribution is 5.25. The summed E-state index contributed by atoms with van der Waals surface area (Å²) in [5, 5.41) is 3.71. The van der Waals surface area contributed by atoms with Crippen LogP contribution < -0.4 is 4.74 Å². The zero-order valence-corrected chi connectivity index (χ0v) is 6.47. The van der Waals surface area contributed by atoms with Crippen molar-refractivity contribution in [3.63, 3.8) is 0 Å². The van der Waals surface area contributed by atoms with Crippen molar-refractivity contribution in [2.24, 2.45) is 0 Å². The van der Waals surface area contributed by atoms with Crippen molar-refractivity contribution >= 4 is 0 Å². The van der Waals surface area contributed by atoms with Crippen molar-refractivity contribution in [1.29, 1.82) is 0 Å². The van der Waals surface area contributed by atoms with Gasteiger partial charge in [-0.15, -0.1) is 0 Å². The molecule has 0 fully saturated rings. The minimum absolute atomic E-state index is 0.594. The number of hydrogen-bond donors (Lipinski definition) is 0. The van der Waals surface area contributed by atoms with E-state index >= 15 is 0 Å². The first kappa shape index (κ1) is 7.12. The molecule has 10 heavy (non-hydrogen) atoms. The van der Waals surface area contributed by atoms with Crippen LogP contribution in [0, 0.1) is 6.92 Å². The Kier molecular flexibility index (Phi) is 1.94. The van der Waals surface area contributed by atoms with Gasteiger partial charge in [0.25, 0.3) is 5.88 Å². The maximum atomic E-state index is 4.96. The Morgan fingerprint density at radius 1 is 1.60 bits per heavy atom. The number of nitrogens with zero attached hydrogens (tertiary/aromatic N) is 1. The molecule has 3 heteroatoms. The molecule has 0 spiro atoms. The molecule has 3 nitrogen and oxygen atoms in total. The minimum atomic E-state index is 0.594. The molecular weight excluding hydrogens is 130 g/mol. The first-order chi connectivity index (χ1) is 4.79. The summed E-state index contributed by atoms with van der Waals surface area (Å²) >= 11 is 0. The van der Waals surface area contributed by atoms with Crippen LogP contribution in [0.15, 0.2) is 4.52 Å². The Balaban J connectivity index is 2.97. The second-order valence-electron chi connectivity index (χ2n) is 2.09. The van der Waals surface area contributed by atoms with E-state index in [1.807, 2.05) is 13.8 Å². The van der Waals surface area contributed by atoms with Crippen LogP contribution >= 0.6 is 0 Å². The Hall–Kier alpha value is -0.990. The molecule has 0 bridgehead atoms. The molecule has 0 atom stereocenters. The number of hydrogen-bond acceptors (Lipinski definition) is 3. The predicted octanol–water partition coefficient (Wildman–Crippen LogP) is 1.55. The molecular formula is C7H11NO2. The van der Waals surface area contributed by atoms with Gasteiger partial charge in [-0.2, -0.15) is 0 Å². The smallest absolute Gasteiger partial charge is 0.257 e. The van der Waals surface area contributed by atoms with E-state index in [-0.39, 0.29) is 0 Å². The van der Waals surface area contributed by atoms with Gasteiger partial charge in [0.2, 0.25) is 0 Å². The zero-order valence-electron chi connectivity index (χ0n) is 6.47. The molecule has 1 aromatic heterocycles. The number of aryl methyl sites for hydroxylation is 1. The number of rotatable bonds is 2. The lowest BCUT2D eigenvalue weighted by molar-refractivity contribution is 0.327. The first-order valence-corrected chi connectivity index (χ1v) is 3.28. The monoisotopic (exact) mass is 141 g/mol. The molecule has 0 N–H and O–H groups in total. The van der Waals surface area contributed by atoms with E-state index < -0.39 is 0 Å². The standard InChI is InChI=1S/C7H11NO2/c1-4-6-5(2)7(9-3)8-10-6/h4H2,1-3H3. The van der Waals surface area contributed by atoms with Crippen LogP contribution in [0.5, 0.6) is 5.88 Å². The van der Waals surface area contributed by atoms with Crippen LogP contribution in [0.25, 0.3) is 0 Å². The van der Waals surface area contributed by atoms with Crippen molar-refractivity contribution in [2.45, 2.75) is 20.3 Å². The van der Waals surface area contributed by atoms with Crippen LogP contribution in [0.1, 0.15) is 18.2 Å². The van der Waals surface area contributed by atoms with Crippen molar-refractivity contribution < 1.29 is 9.26 Å². The van der Waals surface area contributed by atoms with Crippen molar-refractivity contribution in [3.8, 4) is 5.88 Å². The SMILES string of the molecule is CCc1onc(OC)c1C. The summed E-state index contributed by atoms with van der Waals surface area (Å²) in [6.45, 7) is 3.96. The van der Waals surface area contributed by atoms with Crippen molar-refractivity contribution in [3.05, 3.63) is 11.3 Å². The van der Waals surface area contributed by atoms with E-state index in [1.165, 1.54) is 0 Å². The van der Waals surface area contributed by atoms with E-state index in [0.29, 0.717) is 5.88 Å². The van der Waals surface area contributed by atoms with Gasteiger partial charge in [0.1, 0.15) is 5.76 Å². The summed E-state index contributed by atoms with van der Waals surface area (Å²) in [6, 6.07) is 0. The van der Waals surface area contributed by atoms with Gasteiger partial charge < -0.3 is 9.26 Å². The highest BCUT2D eigenvalue weighted by Crippen LogP contribution is 2.19. The van der Waals surface area contributed by atoms with Crippen LogP contribution in [0.4, 0.5) is 0 Å². The second-order valence-corrected chi connectivity index (χ2v) is 2.09. The highest BCUT2D eigenvalue weighted by atomic mass is 16.5.